The first-order valence-electron chi connectivity index (χ1n) is 8.59. The molecule has 7 nitrogen and oxygen atoms in total. The molecule has 0 amide bonds. The summed E-state index contributed by atoms with van der Waals surface area (Å²) in [6.07, 6.45) is 6.77. The topological polar surface area (TPSA) is 82.1 Å². The Morgan fingerprint density at radius 3 is 2.29 bits per heavy atom. The van der Waals surface area contributed by atoms with Gasteiger partial charge in [-0.15, -0.1) is 0 Å². The van der Waals surface area contributed by atoms with E-state index in [0.29, 0.717) is 17.6 Å². The number of nitrogens with one attached hydrogen (secondary N) is 1. The normalized spacial score (nSPS) is 10.3. The third-order valence-electron chi connectivity index (χ3n) is 3.90. The molecule has 0 radical (unpaired) electrons. The van der Waals surface area contributed by atoms with E-state index in [2.05, 4.69) is 25.3 Å². The quantitative estimate of drug-likeness (QED) is 0.535. The zero-order chi connectivity index (χ0) is 19.2. The molecule has 0 saturated heterocycles. The van der Waals surface area contributed by atoms with Gasteiger partial charge in [-0.3, -0.25) is 0 Å². The van der Waals surface area contributed by atoms with E-state index in [-0.39, 0.29) is 0 Å². The third kappa shape index (κ3) is 4.04. The van der Waals surface area contributed by atoms with Crippen molar-refractivity contribution in [3.05, 3.63) is 79.4 Å². The van der Waals surface area contributed by atoms with Gasteiger partial charge in [-0.05, 0) is 48.5 Å². The Morgan fingerprint density at radius 2 is 1.57 bits per heavy atom. The number of benzene rings is 1. The molecular weight excluding hydrogens is 354 g/mol. The molecule has 3 aromatic heterocycles. The highest BCUT2D eigenvalue weighted by atomic mass is 16.5. The van der Waals surface area contributed by atoms with Gasteiger partial charge in [0.1, 0.15) is 11.6 Å². The largest absolute Gasteiger partial charge is 0.467 e. The van der Waals surface area contributed by atoms with E-state index in [4.69, 9.17) is 9.47 Å². The second kappa shape index (κ2) is 8.13. The summed E-state index contributed by atoms with van der Waals surface area (Å²) in [6, 6.07) is 17.3. The van der Waals surface area contributed by atoms with Crippen LogP contribution < -0.4 is 14.8 Å². The maximum atomic E-state index is 5.98. The number of pyridine rings is 2. The number of ether oxygens (including phenoxy) is 2. The van der Waals surface area contributed by atoms with E-state index in [0.717, 1.165) is 22.6 Å². The minimum Gasteiger partial charge on any atom is -0.467 e. The average molecular weight is 371 g/mol. The summed E-state index contributed by atoms with van der Waals surface area (Å²) < 4.78 is 11.0. The number of aromatic nitrogens is 4. The van der Waals surface area contributed by atoms with E-state index < -0.39 is 0 Å². The lowest BCUT2D eigenvalue weighted by Crippen LogP contribution is -1.95. The van der Waals surface area contributed by atoms with E-state index >= 15 is 0 Å². The van der Waals surface area contributed by atoms with Crippen molar-refractivity contribution in [3.63, 3.8) is 0 Å². The molecule has 7 heteroatoms. The summed E-state index contributed by atoms with van der Waals surface area (Å²) in [5.74, 6) is 1.92. The van der Waals surface area contributed by atoms with Gasteiger partial charge in [-0.25, -0.2) is 19.9 Å². The average Bonchev–Trinajstić information content (AvgIpc) is 2.76. The highest BCUT2D eigenvalue weighted by Gasteiger charge is 2.10. The summed E-state index contributed by atoms with van der Waals surface area (Å²) >= 11 is 0. The maximum absolute atomic E-state index is 5.98. The van der Waals surface area contributed by atoms with Gasteiger partial charge < -0.3 is 14.8 Å². The predicted octanol–water partition coefficient (Wildman–Crippen LogP) is 4.48. The zero-order valence-electron chi connectivity index (χ0n) is 15.1. The molecule has 0 fully saturated rings. The van der Waals surface area contributed by atoms with Crippen LogP contribution in [0.2, 0.25) is 0 Å². The first-order valence-corrected chi connectivity index (χ1v) is 8.59. The van der Waals surface area contributed by atoms with Gasteiger partial charge in [0.15, 0.2) is 0 Å². The van der Waals surface area contributed by atoms with Gasteiger partial charge >= 0.3 is 6.01 Å². The fourth-order valence-corrected chi connectivity index (χ4v) is 2.56. The van der Waals surface area contributed by atoms with Crippen LogP contribution in [0, 0.1) is 0 Å². The Morgan fingerprint density at radius 1 is 0.786 bits per heavy atom. The van der Waals surface area contributed by atoms with E-state index in [9.17, 15) is 0 Å². The number of nitrogens with zero attached hydrogens (tertiary/aromatic N) is 4. The molecule has 28 heavy (non-hydrogen) atoms. The molecular formula is C21H17N5O2. The van der Waals surface area contributed by atoms with Crippen molar-refractivity contribution >= 4 is 11.5 Å². The summed E-state index contributed by atoms with van der Waals surface area (Å²) in [6.45, 7) is 0. The van der Waals surface area contributed by atoms with Crippen LogP contribution >= 0.6 is 0 Å². The van der Waals surface area contributed by atoms with Crippen molar-refractivity contribution in [1.82, 2.24) is 19.9 Å². The van der Waals surface area contributed by atoms with Crippen LogP contribution in [-0.2, 0) is 0 Å². The summed E-state index contributed by atoms with van der Waals surface area (Å²) in [5.41, 5.74) is 2.49. The summed E-state index contributed by atoms with van der Waals surface area (Å²) in [4.78, 5) is 16.9. The first-order chi connectivity index (χ1) is 13.8. The number of rotatable bonds is 6. The fraction of sp³-hybridized carbons (Fsp3) is 0.0476. The lowest BCUT2D eigenvalue weighted by atomic mass is 10.1. The van der Waals surface area contributed by atoms with E-state index in [1.807, 2.05) is 54.6 Å². The molecule has 0 bridgehead atoms. The summed E-state index contributed by atoms with van der Waals surface area (Å²) in [5, 5.41) is 3.23. The number of hydrogen-bond acceptors (Lipinski definition) is 7. The van der Waals surface area contributed by atoms with Crippen LogP contribution in [0.1, 0.15) is 0 Å². The van der Waals surface area contributed by atoms with Gasteiger partial charge in [-0.1, -0.05) is 6.07 Å². The van der Waals surface area contributed by atoms with Crippen molar-refractivity contribution in [2.75, 3.05) is 12.4 Å². The van der Waals surface area contributed by atoms with Crippen molar-refractivity contribution in [1.29, 1.82) is 0 Å². The van der Waals surface area contributed by atoms with Crippen molar-refractivity contribution in [3.8, 4) is 28.8 Å². The van der Waals surface area contributed by atoms with Crippen molar-refractivity contribution in [2.24, 2.45) is 0 Å². The van der Waals surface area contributed by atoms with Gasteiger partial charge in [0.25, 0.3) is 0 Å². The molecule has 0 aliphatic heterocycles. The fourth-order valence-electron chi connectivity index (χ4n) is 2.56. The molecule has 0 unspecified atom stereocenters. The molecule has 0 atom stereocenters. The van der Waals surface area contributed by atoms with Gasteiger partial charge in [0.05, 0.1) is 7.11 Å². The number of anilines is 2. The smallest absolute Gasteiger partial charge is 0.316 e. The first kappa shape index (κ1) is 17.4. The van der Waals surface area contributed by atoms with Crippen LogP contribution in [0.5, 0.6) is 17.6 Å². The van der Waals surface area contributed by atoms with E-state index in [1.54, 1.807) is 24.8 Å². The molecule has 1 aromatic carbocycles. The molecule has 0 saturated carbocycles. The number of methoxy groups -OCH3 is 1. The van der Waals surface area contributed by atoms with Crippen molar-refractivity contribution in [2.45, 2.75) is 0 Å². The standard InChI is InChI=1S/C21H17N5O2/c1-27-21-24-13-15(14-25-21)18-5-4-12-23-20(18)28-17-9-7-16(8-10-17)26-19-6-2-3-11-22-19/h2-14H,1H3,(H,22,26). The molecule has 4 aromatic rings. The van der Waals surface area contributed by atoms with Crippen LogP contribution in [-0.4, -0.2) is 27.0 Å². The van der Waals surface area contributed by atoms with Crippen molar-refractivity contribution < 1.29 is 9.47 Å². The Labute approximate surface area is 162 Å². The van der Waals surface area contributed by atoms with E-state index in [1.165, 1.54) is 7.11 Å². The highest BCUT2D eigenvalue weighted by molar-refractivity contribution is 5.67. The SMILES string of the molecule is COc1ncc(-c2cccnc2Oc2ccc(Nc3ccccn3)cc2)cn1. The van der Waals surface area contributed by atoms with Gasteiger partial charge in [0, 0.05) is 41.6 Å². The predicted molar refractivity (Wildman–Crippen MR) is 106 cm³/mol. The maximum Gasteiger partial charge on any atom is 0.316 e. The highest BCUT2D eigenvalue weighted by Crippen LogP contribution is 2.31. The second-order valence-corrected chi connectivity index (χ2v) is 5.78. The molecule has 138 valence electrons. The Hall–Kier alpha value is -4.00. The summed E-state index contributed by atoms with van der Waals surface area (Å²) in [7, 11) is 1.53. The van der Waals surface area contributed by atoms with Crippen LogP contribution in [0.3, 0.4) is 0 Å². The molecule has 4 rings (SSSR count). The Balaban J connectivity index is 1.53. The van der Waals surface area contributed by atoms with Crippen LogP contribution in [0.4, 0.5) is 11.5 Å². The molecule has 1 N–H and O–H groups in total. The minimum atomic E-state index is 0.311. The minimum absolute atomic E-state index is 0.311. The Kier molecular flexibility index (Phi) is 5.06. The second-order valence-electron chi connectivity index (χ2n) is 5.78. The molecule has 0 aliphatic carbocycles. The molecule has 0 aliphatic rings. The zero-order valence-corrected chi connectivity index (χ0v) is 15.1. The van der Waals surface area contributed by atoms with Gasteiger partial charge in [-0.2, -0.15) is 0 Å². The lowest BCUT2D eigenvalue weighted by Gasteiger charge is -2.11. The number of hydrogen-bond donors (Lipinski definition) is 1. The van der Waals surface area contributed by atoms with Gasteiger partial charge in [0.2, 0.25) is 5.88 Å². The Bertz CT molecular complexity index is 1040. The molecule has 0 spiro atoms. The molecule has 3 heterocycles. The van der Waals surface area contributed by atoms with Crippen LogP contribution in [0.25, 0.3) is 11.1 Å². The lowest BCUT2D eigenvalue weighted by molar-refractivity contribution is 0.380. The monoisotopic (exact) mass is 371 g/mol. The van der Waals surface area contributed by atoms with Crippen LogP contribution in [0.15, 0.2) is 79.4 Å². The third-order valence-corrected chi connectivity index (χ3v) is 3.90.